The first-order valence-electron chi connectivity index (χ1n) is 10.2. The number of nitrogens with two attached hydrogens (primary N) is 1. The SMILES string of the molecule is Cc1nc(CCC(=O)N2C[C@@H](CN)[C@H](c3ccccc3)C2)oc1-c1ccccc1.Cl.Cl. The normalized spacial score (nSPS) is 17.7. The summed E-state index contributed by atoms with van der Waals surface area (Å²) >= 11 is 0. The highest BCUT2D eigenvalue weighted by Gasteiger charge is 2.35. The van der Waals surface area contributed by atoms with Crippen molar-refractivity contribution in [3.63, 3.8) is 0 Å². The molecule has 0 spiro atoms. The lowest BCUT2D eigenvalue weighted by molar-refractivity contribution is -0.130. The van der Waals surface area contributed by atoms with E-state index in [2.05, 4.69) is 17.1 Å². The summed E-state index contributed by atoms with van der Waals surface area (Å²) in [4.78, 5) is 19.3. The Morgan fingerprint density at radius 2 is 1.71 bits per heavy atom. The highest BCUT2D eigenvalue weighted by molar-refractivity contribution is 5.85. The average molecular weight is 462 g/mol. The summed E-state index contributed by atoms with van der Waals surface area (Å²) in [6.07, 6.45) is 0.902. The van der Waals surface area contributed by atoms with Crippen LogP contribution in [0.3, 0.4) is 0 Å². The van der Waals surface area contributed by atoms with Gasteiger partial charge in [0, 0.05) is 37.4 Å². The van der Waals surface area contributed by atoms with Crippen LogP contribution in [0.2, 0.25) is 0 Å². The van der Waals surface area contributed by atoms with E-state index in [-0.39, 0.29) is 30.7 Å². The molecule has 1 fully saturated rings. The maximum absolute atomic E-state index is 12.8. The fraction of sp³-hybridized carbons (Fsp3) is 0.333. The van der Waals surface area contributed by atoms with Gasteiger partial charge in [-0.05, 0) is 24.9 Å². The molecule has 1 amide bonds. The molecular formula is C24H29Cl2N3O2. The molecule has 0 radical (unpaired) electrons. The Hall–Kier alpha value is -2.34. The van der Waals surface area contributed by atoms with Gasteiger partial charge in [-0.25, -0.2) is 4.98 Å². The minimum absolute atomic E-state index is 0. The molecular weight excluding hydrogens is 433 g/mol. The monoisotopic (exact) mass is 461 g/mol. The molecule has 1 saturated heterocycles. The fourth-order valence-corrected chi connectivity index (χ4v) is 4.18. The van der Waals surface area contributed by atoms with Crippen molar-refractivity contribution in [3.8, 4) is 11.3 Å². The zero-order chi connectivity index (χ0) is 20.2. The zero-order valence-corrected chi connectivity index (χ0v) is 19.2. The average Bonchev–Trinajstić information content (AvgIpc) is 3.37. The number of benzene rings is 2. The summed E-state index contributed by atoms with van der Waals surface area (Å²) < 4.78 is 5.94. The Bertz CT molecular complexity index is 963. The highest BCUT2D eigenvalue weighted by atomic mass is 35.5. The van der Waals surface area contributed by atoms with Gasteiger partial charge in [0.15, 0.2) is 11.7 Å². The van der Waals surface area contributed by atoms with Crippen molar-refractivity contribution in [2.24, 2.45) is 11.7 Å². The number of likely N-dealkylation sites (tertiary alicyclic amines) is 1. The lowest BCUT2D eigenvalue weighted by atomic mass is 9.89. The van der Waals surface area contributed by atoms with Gasteiger partial charge in [0.25, 0.3) is 0 Å². The van der Waals surface area contributed by atoms with E-state index in [1.807, 2.05) is 60.4 Å². The first-order valence-corrected chi connectivity index (χ1v) is 10.2. The minimum Gasteiger partial charge on any atom is -0.440 e. The molecule has 2 atom stereocenters. The number of aromatic nitrogens is 1. The lowest BCUT2D eigenvalue weighted by Gasteiger charge is -2.16. The van der Waals surface area contributed by atoms with Crippen molar-refractivity contribution in [1.29, 1.82) is 0 Å². The van der Waals surface area contributed by atoms with Crippen molar-refractivity contribution in [1.82, 2.24) is 9.88 Å². The van der Waals surface area contributed by atoms with Crippen molar-refractivity contribution in [2.75, 3.05) is 19.6 Å². The highest BCUT2D eigenvalue weighted by Crippen LogP contribution is 2.32. The van der Waals surface area contributed by atoms with Crippen LogP contribution in [0.4, 0.5) is 0 Å². The third-order valence-corrected chi connectivity index (χ3v) is 5.75. The van der Waals surface area contributed by atoms with Gasteiger partial charge in [-0.2, -0.15) is 0 Å². The second-order valence-electron chi connectivity index (χ2n) is 7.70. The molecule has 0 unspecified atom stereocenters. The first-order chi connectivity index (χ1) is 14.2. The number of carbonyl (C=O) groups is 1. The minimum atomic E-state index is 0. The lowest BCUT2D eigenvalue weighted by Crippen LogP contribution is -2.30. The molecule has 31 heavy (non-hydrogen) atoms. The van der Waals surface area contributed by atoms with E-state index in [1.165, 1.54) is 5.56 Å². The Kier molecular flexibility index (Phi) is 9.11. The van der Waals surface area contributed by atoms with E-state index in [4.69, 9.17) is 10.2 Å². The van der Waals surface area contributed by atoms with Crippen molar-refractivity contribution < 1.29 is 9.21 Å². The van der Waals surface area contributed by atoms with E-state index in [1.54, 1.807) is 0 Å². The predicted molar refractivity (Wildman–Crippen MR) is 128 cm³/mol. The van der Waals surface area contributed by atoms with Gasteiger partial charge in [0.05, 0.1) is 5.69 Å². The third kappa shape index (κ3) is 5.67. The van der Waals surface area contributed by atoms with Gasteiger partial charge in [-0.3, -0.25) is 4.79 Å². The van der Waals surface area contributed by atoms with E-state index >= 15 is 0 Å². The number of hydrogen-bond donors (Lipinski definition) is 1. The van der Waals surface area contributed by atoms with Crippen LogP contribution in [0, 0.1) is 12.8 Å². The van der Waals surface area contributed by atoms with Crippen LogP contribution < -0.4 is 5.73 Å². The van der Waals surface area contributed by atoms with Crippen LogP contribution in [0.15, 0.2) is 65.1 Å². The summed E-state index contributed by atoms with van der Waals surface area (Å²) in [5, 5.41) is 0. The van der Waals surface area contributed by atoms with Crippen LogP contribution in [0.1, 0.15) is 29.5 Å². The van der Waals surface area contributed by atoms with Crippen LogP contribution in [-0.4, -0.2) is 35.4 Å². The molecule has 1 aliphatic heterocycles. The van der Waals surface area contributed by atoms with Gasteiger partial charge in [0.2, 0.25) is 5.91 Å². The molecule has 3 aromatic rings. The summed E-state index contributed by atoms with van der Waals surface area (Å²) in [5.74, 6) is 2.14. The molecule has 2 N–H and O–H groups in total. The Labute approximate surface area is 195 Å². The van der Waals surface area contributed by atoms with E-state index in [0.29, 0.717) is 37.1 Å². The van der Waals surface area contributed by atoms with E-state index in [0.717, 1.165) is 30.1 Å². The van der Waals surface area contributed by atoms with Crippen LogP contribution in [0.5, 0.6) is 0 Å². The van der Waals surface area contributed by atoms with Gasteiger partial charge >= 0.3 is 0 Å². The molecule has 166 valence electrons. The topological polar surface area (TPSA) is 72.4 Å². The molecule has 0 bridgehead atoms. The molecule has 7 heteroatoms. The van der Waals surface area contributed by atoms with E-state index in [9.17, 15) is 4.79 Å². The third-order valence-electron chi connectivity index (χ3n) is 5.75. The summed E-state index contributed by atoms with van der Waals surface area (Å²) in [7, 11) is 0. The molecule has 1 aliphatic rings. The molecule has 1 aromatic heterocycles. The second-order valence-corrected chi connectivity index (χ2v) is 7.70. The molecule has 5 nitrogen and oxygen atoms in total. The van der Waals surface area contributed by atoms with Crippen molar-refractivity contribution in [3.05, 3.63) is 77.8 Å². The maximum Gasteiger partial charge on any atom is 0.223 e. The molecule has 2 heterocycles. The maximum atomic E-state index is 12.8. The first kappa shape index (κ1) is 24.9. The molecule has 2 aromatic carbocycles. The Balaban J connectivity index is 0.00000171. The van der Waals surface area contributed by atoms with Gasteiger partial charge in [-0.1, -0.05) is 60.7 Å². The number of hydrogen-bond acceptors (Lipinski definition) is 4. The smallest absolute Gasteiger partial charge is 0.223 e. The Morgan fingerprint density at radius 3 is 2.35 bits per heavy atom. The summed E-state index contributed by atoms with van der Waals surface area (Å²) in [6, 6.07) is 20.3. The fourth-order valence-electron chi connectivity index (χ4n) is 4.18. The molecule has 0 aliphatic carbocycles. The largest absolute Gasteiger partial charge is 0.440 e. The second kappa shape index (κ2) is 11.3. The number of oxazole rings is 1. The molecule has 0 saturated carbocycles. The van der Waals surface area contributed by atoms with Crippen LogP contribution in [0.25, 0.3) is 11.3 Å². The van der Waals surface area contributed by atoms with Crippen LogP contribution in [-0.2, 0) is 11.2 Å². The number of rotatable bonds is 6. The Morgan fingerprint density at radius 1 is 1.06 bits per heavy atom. The molecule has 4 rings (SSSR count). The predicted octanol–water partition coefficient (Wildman–Crippen LogP) is 4.63. The zero-order valence-electron chi connectivity index (χ0n) is 17.6. The summed E-state index contributed by atoms with van der Waals surface area (Å²) in [5.41, 5.74) is 9.12. The number of nitrogens with zero attached hydrogens (tertiary/aromatic N) is 2. The summed E-state index contributed by atoms with van der Waals surface area (Å²) in [6.45, 7) is 3.97. The van der Waals surface area contributed by atoms with E-state index < -0.39 is 0 Å². The number of carbonyl (C=O) groups excluding carboxylic acids is 1. The number of amides is 1. The van der Waals surface area contributed by atoms with Crippen molar-refractivity contribution in [2.45, 2.75) is 25.7 Å². The van der Waals surface area contributed by atoms with Crippen LogP contribution >= 0.6 is 24.8 Å². The quantitative estimate of drug-likeness (QED) is 0.580. The van der Waals surface area contributed by atoms with Gasteiger partial charge in [0.1, 0.15) is 0 Å². The van der Waals surface area contributed by atoms with Crippen molar-refractivity contribution >= 4 is 30.7 Å². The number of aryl methyl sites for hydroxylation is 2. The number of halogens is 2. The standard InChI is InChI=1S/C24H27N3O2.2ClH/c1-17-24(19-10-6-3-7-11-19)29-22(26-17)12-13-23(28)27-15-20(14-25)21(16-27)18-8-4-2-5-9-18;;/h2-11,20-21H,12-16,25H2,1H3;2*1H/t20-,21+;;/m1../s1. The van der Waals surface area contributed by atoms with Gasteiger partial charge < -0.3 is 15.1 Å². The van der Waals surface area contributed by atoms with Gasteiger partial charge in [-0.15, -0.1) is 24.8 Å².